The van der Waals surface area contributed by atoms with Crippen LogP contribution in [0.25, 0.3) is 6.08 Å². The van der Waals surface area contributed by atoms with E-state index in [1.54, 1.807) is 28.0 Å². The van der Waals surface area contributed by atoms with Gasteiger partial charge in [0.05, 0.1) is 6.54 Å². The fourth-order valence-electron chi connectivity index (χ4n) is 4.35. The van der Waals surface area contributed by atoms with E-state index in [-0.39, 0.29) is 30.2 Å². The molecule has 6 heteroatoms. The molecular weight excluding hydrogens is 489 g/mol. The number of rotatable bonds is 11. The molecule has 1 aromatic heterocycles. The molecule has 0 atom stereocenters. The van der Waals surface area contributed by atoms with Crippen molar-refractivity contribution in [1.82, 2.24) is 14.4 Å². The number of nitrogens with zero attached hydrogens (tertiary/aromatic N) is 3. The van der Waals surface area contributed by atoms with Crippen molar-refractivity contribution in [2.75, 3.05) is 6.54 Å². The van der Waals surface area contributed by atoms with Crippen molar-refractivity contribution in [1.29, 1.82) is 0 Å². The smallest absolute Gasteiger partial charge is 0.247 e. The number of hydrogen-bond acceptors (Lipinski definition) is 2. The second-order valence-electron chi connectivity index (χ2n) is 9.79. The zero-order valence-electron chi connectivity index (χ0n) is 22.4. The van der Waals surface area contributed by atoms with Crippen LogP contribution < -0.4 is 0 Å². The molecule has 39 heavy (non-hydrogen) atoms. The van der Waals surface area contributed by atoms with E-state index in [0.29, 0.717) is 19.6 Å². The van der Waals surface area contributed by atoms with Crippen LogP contribution in [0.5, 0.6) is 0 Å². The Labute approximate surface area is 229 Å². The summed E-state index contributed by atoms with van der Waals surface area (Å²) in [5.41, 5.74) is 3.86. The molecule has 0 aliphatic heterocycles. The normalized spacial score (nSPS) is 11.2. The third-order valence-corrected chi connectivity index (χ3v) is 6.54. The van der Waals surface area contributed by atoms with Crippen molar-refractivity contribution in [3.8, 4) is 0 Å². The number of hydrogen-bond donors (Lipinski definition) is 0. The summed E-state index contributed by atoms with van der Waals surface area (Å²) in [6.45, 7) is 5.16. The van der Waals surface area contributed by atoms with Crippen LogP contribution in [-0.4, -0.2) is 38.8 Å². The van der Waals surface area contributed by atoms with Gasteiger partial charge in [-0.2, -0.15) is 0 Å². The molecule has 0 aliphatic rings. The Kier molecular flexibility index (Phi) is 9.46. The van der Waals surface area contributed by atoms with Crippen molar-refractivity contribution in [3.63, 3.8) is 0 Å². The standard InChI is InChI=1S/C33H34FN3O2/c1-26(2)37(32(38)20-17-27-10-5-3-6-11-27)25-33(39)36(23-28-12-7-4-8-13-28)24-31-14-9-21-35(31)22-29-15-18-30(34)19-16-29/h3-21,26H,22-25H2,1-2H3. The van der Waals surface area contributed by atoms with Crippen LogP contribution in [0.2, 0.25) is 0 Å². The molecule has 0 saturated carbocycles. The molecular formula is C33H34FN3O2. The van der Waals surface area contributed by atoms with Crippen LogP contribution in [0.3, 0.4) is 0 Å². The van der Waals surface area contributed by atoms with Crippen molar-refractivity contribution in [2.45, 2.75) is 39.5 Å². The van der Waals surface area contributed by atoms with Crippen LogP contribution in [-0.2, 0) is 29.2 Å². The number of amides is 2. The largest absolute Gasteiger partial charge is 0.345 e. The highest BCUT2D eigenvalue weighted by Gasteiger charge is 2.23. The van der Waals surface area contributed by atoms with Gasteiger partial charge in [-0.25, -0.2) is 4.39 Å². The van der Waals surface area contributed by atoms with Crippen LogP contribution in [0.4, 0.5) is 4.39 Å². The van der Waals surface area contributed by atoms with Gasteiger partial charge in [-0.15, -0.1) is 0 Å². The van der Waals surface area contributed by atoms with Crippen molar-refractivity contribution in [2.24, 2.45) is 0 Å². The summed E-state index contributed by atoms with van der Waals surface area (Å²) in [6.07, 6.45) is 5.26. The topological polar surface area (TPSA) is 45.6 Å². The van der Waals surface area contributed by atoms with E-state index >= 15 is 0 Å². The number of carbonyl (C=O) groups excluding carboxylic acids is 2. The maximum Gasteiger partial charge on any atom is 0.247 e. The summed E-state index contributed by atoms with van der Waals surface area (Å²) in [6, 6.07) is 29.7. The maximum atomic E-state index is 13.7. The molecule has 0 saturated heterocycles. The minimum atomic E-state index is -0.269. The first-order valence-electron chi connectivity index (χ1n) is 13.1. The van der Waals surface area contributed by atoms with Crippen molar-refractivity contribution >= 4 is 17.9 Å². The molecule has 0 radical (unpaired) electrons. The lowest BCUT2D eigenvalue weighted by Gasteiger charge is -2.30. The number of aromatic nitrogens is 1. The number of halogens is 1. The molecule has 4 rings (SSSR count). The summed E-state index contributed by atoms with van der Waals surface area (Å²) in [7, 11) is 0. The summed E-state index contributed by atoms with van der Waals surface area (Å²) in [4.78, 5) is 30.2. The first-order valence-corrected chi connectivity index (χ1v) is 13.1. The highest BCUT2D eigenvalue weighted by molar-refractivity contribution is 5.94. The average Bonchev–Trinajstić information content (AvgIpc) is 3.38. The first kappa shape index (κ1) is 27.6. The Balaban J connectivity index is 1.52. The Morgan fingerprint density at radius 3 is 2.15 bits per heavy atom. The fourth-order valence-corrected chi connectivity index (χ4v) is 4.35. The quantitative estimate of drug-likeness (QED) is 0.221. The summed E-state index contributed by atoms with van der Waals surface area (Å²) < 4.78 is 15.4. The summed E-state index contributed by atoms with van der Waals surface area (Å²) in [5.74, 6) is -0.612. The van der Waals surface area contributed by atoms with Crippen molar-refractivity contribution < 1.29 is 14.0 Å². The molecule has 0 N–H and O–H groups in total. The second kappa shape index (κ2) is 13.4. The number of carbonyl (C=O) groups is 2. The molecule has 2 amide bonds. The average molecular weight is 524 g/mol. The SMILES string of the molecule is CC(C)N(CC(=O)N(Cc1ccccc1)Cc1cccn1Cc1ccc(F)cc1)C(=O)C=Cc1ccccc1. The zero-order chi connectivity index (χ0) is 27.6. The highest BCUT2D eigenvalue weighted by atomic mass is 19.1. The Morgan fingerprint density at radius 2 is 1.49 bits per heavy atom. The summed E-state index contributed by atoms with van der Waals surface area (Å²) in [5, 5.41) is 0. The van der Waals surface area contributed by atoms with E-state index in [2.05, 4.69) is 4.57 Å². The van der Waals surface area contributed by atoms with E-state index in [9.17, 15) is 14.0 Å². The van der Waals surface area contributed by atoms with Crippen molar-refractivity contribution in [3.05, 3.63) is 138 Å². The van der Waals surface area contributed by atoms with E-state index in [1.165, 1.54) is 18.2 Å². The van der Waals surface area contributed by atoms with Crippen LogP contribution in [0.15, 0.2) is 109 Å². The van der Waals surface area contributed by atoms with Gasteiger partial charge in [0.2, 0.25) is 11.8 Å². The Hall–Kier alpha value is -4.45. The molecule has 0 unspecified atom stereocenters. The Morgan fingerprint density at radius 1 is 0.821 bits per heavy atom. The first-order chi connectivity index (χ1) is 18.9. The van der Waals surface area contributed by atoms with Gasteiger partial charge in [-0.1, -0.05) is 72.8 Å². The molecule has 0 spiro atoms. The lowest BCUT2D eigenvalue weighted by molar-refractivity contribution is -0.140. The van der Waals surface area contributed by atoms with E-state index in [1.807, 2.05) is 92.8 Å². The minimum absolute atomic E-state index is 0.0267. The minimum Gasteiger partial charge on any atom is -0.345 e. The predicted octanol–water partition coefficient (Wildman–Crippen LogP) is 6.15. The van der Waals surface area contributed by atoms with E-state index < -0.39 is 0 Å². The molecule has 0 fully saturated rings. The van der Waals surface area contributed by atoms with Gasteiger partial charge >= 0.3 is 0 Å². The van der Waals surface area contributed by atoms with Gasteiger partial charge in [-0.05, 0) is 60.9 Å². The molecule has 3 aromatic carbocycles. The van der Waals surface area contributed by atoms with Crippen LogP contribution >= 0.6 is 0 Å². The van der Waals surface area contributed by atoms with Crippen LogP contribution in [0.1, 0.15) is 36.2 Å². The molecule has 200 valence electrons. The van der Waals surface area contributed by atoms with Gasteiger partial charge in [0.15, 0.2) is 0 Å². The van der Waals surface area contributed by atoms with Gasteiger partial charge in [-0.3, -0.25) is 9.59 Å². The van der Waals surface area contributed by atoms with E-state index in [0.717, 1.165) is 22.4 Å². The monoisotopic (exact) mass is 523 g/mol. The molecule has 4 aromatic rings. The third kappa shape index (κ3) is 8.01. The lowest BCUT2D eigenvalue weighted by Crippen LogP contribution is -2.45. The van der Waals surface area contributed by atoms with E-state index in [4.69, 9.17) is 0 Å². The Bertz CT molecular complexity index is 1380. The fraction of sp³-hybridized carbons (Fsp3) is 0.212. The molecule has 5 nitrogen and oxygen atoms in total. The summed E-state index contributed by atoms with van der Waals surface area (Å²) >= 11 is 0. The predicted molar refractivity (Wildman–Crippen MR) is 153 cm³/mol. The zero-order valence-corrected chi connectivity index (χ0v) is 22.4. The van der Waals surface area contributed by atoms with Gasteiger partial charge in [0.25, 0.3) is 0 Å². The molecule has 0 bridgehead atoms. The number of benzene rings is 3. The van der Waals surface area contributed by atoms with Gasteiger partial charge in [0.1, 0.15) is 12.4 Å². The molecule has 1 heterocycles. The maximum absolute atomic E-state index is 13.7. The molecule has 0 aliphatic carbocycles. The second-order valence-corrected chi connectivity index (χ2v) is 9.79. The highest BCUT2D eigenvalue weighted by Crippen LogP contribution is 2.15. The third-order valence-electron chi connectivity index (χ3n) is 6.54. The lowest BCUT2D eigenvalue weighted by atomic mass is 10.2. The van der Waals surface area contributed by atoms with Crippen LogP contribution in [0, 0.1) is 5.82 Å². The van der Waals surface area contributed by atoms with Gasteiger partial charge < -0.3 is 14.4 Å². The van der Waals surface area contributed by atoms with Gasteiger partial charge in [0, 0.05) is 37.1 Å².